The maximum atomic E-state index is 12.5. The molecule has 2 aliphatic carbocycles. The van der Waals surface area contributed by atoms with Crippen molar-refractivity contribution in [2.75, 3.05) is 20.2 Å². The Morgan fingerprint density at radius 1 is 1.28 bits per heavy atom. The van der Waals surface area contributed by atoms with Gasteiger partial charge in [0.15, 0.2) is 0 Å². The third kappa shape index (κ3) is 2.95. The fourth-order valence-electron chi connectivity index (χ4n) is 5.22. The number of methoxy groups -OCH3 is 1. The molecule has 2 saturated carbocycles. The van der Waals surface area contributed by atoms with Gasteiger partial charge in [0, 0.05) is 24.4 Å². The Hall–Kier alpha value is -1.55. The molecule has 1 heterocycles. The molecule has 1 saturated heterocycles. The lowest BCUT2D eigenvalue weighted by molar-refractivity contribution is -0.161. The molecule has 0 aromatic heterocycles. The third-order valence-electron chi connectivity index (χ3n) is 6.69. The lowest BCUT2D eigenvalue weighted by Crippen LogP contribution is -2.61. The number of hydrogen-bond acceptors (Lipinski definition) is 3. The number of aryl methyl sites for hydroxylation is 1. The molecule has 1 aromatic rings. The van der Waals surface area contributed by atoms with Crippen LogP contribution in [0.15, 0.2) is 18.2 Å². The first kappa shape index (κ1) is 16.9. The summed E-state index contributed by atoms with van der Waals surface area (Å²) in [4.78, 5) is 14.5. The molecule has 25 heavy (non-hydrogen) atoms. The van der Waals surface area contributed by atoms with Gasteiger partial charge in [-0.3, -0.25) is 4.79 Å². The van der Waals surface area contributed by atoms with Crippen LogP contribution in [0.25, 0.3) is 0 Å². The zero-order chi connectivity index (χ0) is 17.8. The summed E-state index contributed by atoms with van der Waals surface area (Å²) in [5, 5.41) is 9.85. The van der Waals surface area contributed by atoms with Gasteiger partial charge in [-0.1, -0.05) is 12.1 Å². The van der Waals surface area contributed by atoms with E-state index in [1.807, 2.05) is 11.8 Å². The average Bonchev–Trinajstić information content (AvgIpc) is 2.96. The van der Waals surface area contributed by atoms with E-state index in [0.717, 1.165) is 18.8 Å². The smallest absolute Gasteiger partial charge is 0.225 e. The number of rotatable bonds is 3. The molecule has 4 heteroatoms. The minimum atomic E-state index is -0.619. The number of hydrogen-bond donors (Lipinski definition) is 1. The quantitative estimate of drug-likeness (QED) is 0.916. The molecule has 1 N–H and O–H groups in total. The van der Waals surface area contributed by atoms with Gasteiger partial charge in [-0.15, -0.1) is 0 Å². The van der Waals surface area contributed by atoms with Crippen LogP contribution < -0.4 is 4.74 Å². The number of ether oxygens (including phenoxy) is 1. The highest BCUT2D eigenvalue weighted by Gasteiger charge is 2.53. The summed E-state index contributed by atoms with van der Waals surface area (Å²) in [5.74, 6) is 1.86. The Labute approximate surface area is 150 Å². The molecule has 4 nitrogen and oxygen atoms in total. The first-order valence-corrected chi connectivity index (χ1v) is 9.47. The predicted octanol–water partition coefficient (Wildman–Crippen LogP) is 3.26. The lowest BCUT2D eigenvalue weighted by Gasteiger charge is -2.52. The van der Waals surface area contributed by atoms with E-state index in [4.69, 9.17) is 4.74 Å². The molecule has 1 spiro atoms. The molecule has 1 aliphatic heterocycles. The van der Waals surface area contributed by atoms with Crippen LogP contribution in [0.2, 0.25) is 0 Å². The van der Waals surface area contributed by atoms with Gasteiger partial charge in [0.25, 0.3) is 0 Å². The van der Waals surface area contributed by atoms with Crippen molar-refractivity contribution in [1.29, 1.82) is 0 Å². The molecule has 0 radical (unpaired) electrons. The van der Waals surface area contributed by atoms with Gasteiger partial charge < -0.3 is 14.7 Å². The molecular formula is C21H29NO3. The van der Waals surface area contributed by atoms with Crippen LogP contribution in [0.3, 0.4) is 0 Å². The molecule has 1 atom stereocenters. The molecule has 3 fully saturated rings. The summed E-state index contributed by atoms with van der Waals surface area (Å²) in [6.45, 7) is 5.71. The maximum Gasteiger partial charge on any atom is 0.225 e. The molecule has 136 valence electrons. The van der Waals surface area contributed by atoms with Crippen molar-refractivity contribution >= 4 is 5.91 Å². The predicted molar refractivity (Wildman–Crippen MR) is 96.7 cm³/mol. The Kier molecular flexibility index (Phi) is 3.87. The maximum absolute atomic E-state index is 12.5. The highest BCUT2D eigenvalue weighted by atomic mass is 16.5. The Balaban J connectivity index is 1.35. The number of amides is 1. The molecule has 4 rings (SSSR count). The minimum Gasteiger partial charge on any atom is -0.496 e. The van der Waals surface area contributed by atoms with Gasteiger partial charge in [0.05, 0.1) is 12.7 Å². The van der Waals surface area contributed by atoms with Crippen molar-refractivity contribution in [2.24, 2.45) is 11.3 Å². The largest absolute Gasteiger partial charge is 0.496 e. The van der Waals surface area contributed by atoms with Gasteiger partial charge in [0.2, 0.25) is 5.91 Å². The monoisotopic (exact) mass is 343 g/mol. The van der Waals surface area contributed by atoms with Crippen molar-refractivity contribution in [3.8, 4) is 5.75 Å². The Morgan fingerprint density at radius 3 is 2.64 bits per heavy atom. The topological polar surface area (TPSA) is 49.8 Å². The third-order valence-corrected chi connectivity index (χ3v) is 6.69. The van der Waals surface area contributed by atoms with E-state index < -0.39 is 5.60 Å². The van der Waals surface area contributed by atoms with Crippen molar-refractivity contribution in [3.05, 3.63) is 29.3 Å². The van der Waals surface area contributed by atoms with Crippen molar-refractivity contribution in [1.82, 2.24) is 4.90 Å². The summed E-state index contributed by atoms with van der Waals surface area (Å²) < 4.78 is 5.47. The minimum absolute atomic E-state index is 0.0471. The number of nitrogens with zero attached hydrogens (tertiary/aromatic N) is 1. The highest BCUT2D eigenvalue weighted by Crippen LogP contribution is 2.53. The number of benzene rings is 1. The first-order chi connectivity index (χ1) is 11.8. The second-order valence-corrected chi connectivity index (χ2v) is 8.97. The van der Waals surface area contributed by atoms with E-state index >= 15 is 0 Å². The highest BCUT2D eigenvalue weighted by molar-refractivity contribution is 5.81. The van der Waals surface area contributed by atoms with Crippen LogP contribution in [-0.4, -0.2) is 41.7 Å². The summed E-state index contributed by atoms with van der Waals surface area (Å²) in [5.41, 5.74) is 2.26. The standard InChI is InChI=1S/C21H29NO3/c1-14-4-5-15(8-18(14)25-3)16-6-7-21(11-16)12-22(13-21)19(23)17-9-20(2,24)10-17/h4-5,8,16-17,24H,6-7,9-13H2,1-3H3/t16-,17?,20?/m1/s1. The van der Waals surface area contributed by atoms with Crippen LogP contribution in [0, 0.1) is 18.3 Å². The summed E-state index contributed by atoms with van der Waals surface area (Å²) in [7, 11) is 1.73. The SMILES string of the molecule is COc1cc([C@@H]2CCC3(C2)CN(C(=O)C2CC(C)(O)C2)C3)ccc1C. The summed E-state index contributed by atoms with van der Waals surface area (Å²) in [6, 6.07) is 6.58. The van der Waals surface area contributed by atoms with E-state index in [2.05, 4.69) is 25.1 Å². The number of likely N-dealkylation sites (tertiary alicyclic amines) is 1. The first-order valence-electron chi connectivity index (χ1n) is 9.47. The van der Waals surface area contributed by atoms with Crippen LogP contribution in [0.1, 0.15) is 56.1 Å². The van der Waals surface area contributed by atoms with Crippen molar-refractivity contribution in [3.63, 3.8) is 0 Å². The summed E-state index contributed by atoms with van der Waals surface area (Å²) >= 11 is 0. The molecule has 3 aliphatic rings. The van der Waals surface area contributed by atoms with E-state index in [9.17, 15) is 9.90 Å². The Morgan fingerprint density at radius 2 is 2.00 bits per heavy atom. The molecule has 0 bridgehead atoms. The van der Waals surface area contributed by atoms with Crippen LogP contribution in [0.5, 0.6) is 5.75 Å². The van der Waals surface area contributed by atoms with E-state index in [-0.39, 0.29) is 11.8 Å². The van der Waals surface area contributed by atoms with Gasteiger partial charge in [0.1, 0.15) is 5.75 Å². The molecule has 1 aromatic carbocycles. The number of carbonyl (C=O) groups excluding carboxylic acids is 1. The fraction of sp³-hybridized carbons (Fsp3) is 0.667. The Bertz CT molecular complexity index is 682. The van der Waals surface area contributed by atoms with E-state index in [1.165, 1.54) is 30.4 Å². The molecular weight excluding hydrogens is 314 g/mol. The molecule has 1 amide bonds. The second-order valence-electron chi connectivity index (χ2n) is 8.97. The normalized spacial score (nSPS) is 33.0. The van der Waals surface area contributed by atoms with Gasteiger partial charge >= 0.3 is 0 Å². The van der Waals surface area contributed by atoms with Crippen LogP contribution >= 0.6 is 0 Å². The van der Waals surface area contributed by atoms with Gasteiger partial charge in [-0.25, -0.2) is 0 Å². The lowest BCUT2D eigenvalue weighted by atomic mass is 9.69. The zero-order valence-corrected chi connectivity index (χ0v) is 15.5. The number of aliphatic hydroxyl groups is 1. The van der Waals surface area contributed by atoms with Crippen LogP contribution in [-0.2, 0) is 4.79 Å². The van der Waals surface area contributed by atoms with Gasteiger partial charge in [-0.2, -0.15) is 0 Å². The second kappa shape index (κ2) is 5.73. The van der Waals surface area contributed by atoms with Crippen molar-refractivity contribution < 1.29 is 14.6 Å². The fourth-order valence-corrected chi connectivity index (χ4v) is 5.22. The average molecular weight is 343 g/mol. The van der Waals surface area contributed by atoms with E-state index in [1.54, 1.807) is 7.11 Å². The molecule has 0 unspecified atom stereocenters. The summed E-state index contributed by atoms with van der Waals surface area (Å²) in [6.07, 6.45) is 4.83. The van der Waals surface area contributed by atoms with Crippen LogP contribution in [0.4, 0.5) is 0 Å². The number of carbonyl (C=O) groups is 1. The zero-order valence-electron chi connectivity index (χ0n) is 15.5. The van der Waals surface area contributed by atoms with Crippen molar-refractivity contribution in [2.45, 2.75) is 57.5 Å². The van der Waals surface area contributed by atoms with Gasteiger partial charge in [-0.05, 0) is 69.1 Å². The van der Waals surface area contributed by atoms with E-state index in [0.29, 0.717) is 24.2 Å².